The standard InChI is InChI=1S/GeH2.H2O3Te/c;1-4(2)3/h1H2;(H2,1,2,3)/q+2;/p-2. The first-order chi connectivity index (χ1) is 1.73. The minimum atomic E-state index is -4.11. The van der Waals surface area contributed by atoms with E-state index >= 15 is 0 Å². The Balaban J connectivity index is 0. The van der Waals surface area contributed by atoms with Gasteiger partial charge in [-0.05, 0) is 0 Å². The van der Waals surface area contributed by atoms with Gasteiger partial charge in [-0.3, -0.25) is 0 Å². The van der Waals surface area contributed by atoms with Crippen molar-refractivity contribution in [2.45, 2.75) is 0 Å². The summed E-state index contributed by atoms with van der Waals surface area (Å²) in [7, 11) is 0. The molecule has 0 aromatic carbocycles. The summed E-state index contributed by atoms with van der Waals surface area (Å²) in [6.07, 6.45) is 0. The fraction of sp³-hybridized carbons (Fsp3) is 0. The molecule has 0 rings (SSSR count). The Morgan fingerprint density at radius 3 is 1.40 bits per heavy atom. The Hall–Kier alpha value is 1.05. The van der Waals surface area contributed by atoms with Crippen molar-refractivity contribution in [3.63, 3.8) is 0 Å². The van der Waals surface area contributed by atoms with E-state index in [1.165, 1.54) is 0 Å². The normalized spacial score (nSPS) is 7.00. The fourth-order valence-corrected chi connectivity index (χ4v) is 0. The van der Waals surface area contributed by atoms with Gasteiger partial charge in [-0.2, -0.15) is 0 Å². The molecule has 0 aliphatic heterocycles. The van der Waals surface area contributed by atoms with Crippen molar-refractivity contribution in [2.24, 2.45) is 0 Å². The van der Waals surface area contributed by atoms with E-state index in [1.807, 2.05) is 0 Å². The van der Waals surface area contributed by atoms with Gasteiger partial charge in [-0.25, -0.2) is 0 Å². The Labute approximate surface area is 48.1 Å². The molecule has 3 nitrogen and oxygen atoms in total. The average molecular weight is 250 g/mol. The maximum atomic E-state index is 8.59. The molecule has 0 atom stereocenters. The molecule has 0 amide bonds. The first-order valence-electron chi connectivity index (χ1n) is 0.500. The quantitative estimate of drug-likeness (QED) is 0.414. The van der Waals surface area contributed by atoms with E-state index in [4.69, 9.17) is 10.0 Å². The van der Waals surface area contributed by atoms with E-state index in [0.717, 1.165) is 0 Å². The van der Waals surface area contributed by atoms with Crippen LogP contribution >= 0.6 is 0 Å². The van der Waals surface area contributed by atoms with E-state index < -0.39 is 20.4 Å². The Morgan fingerprint density at radius 1 is 1.40 bits per heavy atom. The predicted molar refractivity (Wildman–Crippen MR) is 15.0 cm³/mol. The molecule has 0 heterocycles. The van der Waals surface area contributed by atoms with Gasteiger partial charge < -0.3 is 0 Å². The molecule has 0 saturated carbocycles. The summed E-state index contributed by atoms with van der Waals surface area (Å²) in [6.45, 7) is 0. The molecule has 0 bridgehead atoms. The summed E-state index contributed by atoms with van der Waals surface area (Å²) in [5.74, 6) is 0. The SMILES string of the molecule is O=[Te]([O-])[O-].[GeH2+2]. The van der Waals surface area contributed by atoms with Gasteiger partial charge in [0.1, 0.15) is 0 Å². The third-order valence-electron chi connectivity index (χ3n) is 0. The molecule has 0 fully saturated rings. The Bertz CT molecular complexity index is 29.9. The van der Waals surface area contributed by atoms with Gasteiger partial charge in [0, 0.05) is 0 Å². The van der Waals surface area contributed by atoms with Gasteiger partial charge in [-0.15, -0.1) is 0 Å². The summed E-state index contributed by atoms with van der Waals surface area (Å²) in [5.41, 5.74) is 0. The van der Waals surface area contributed by atoms with Crippen molar-refractivity contribution in [1.82, 2.24) is 0 Å². The molecule has 0 radical (unpaired) electrons. The monoisotopic (exact) mass is 254 g/mol. The van der Waals surface area contributed by atoms with Gasteiger partial charge in [0.25, 0.3) is 0 Å². The minimum absolute atomic E-state index is 0. The van der Waals surface area contributed by atoms with Crippen LogP contribution in [0.15, 0.2) is 0 Å². The van der Waals surface area contributed by atoms with Crippen molar-refractivity contribution < 1.29 is 10.0 Å². The Kier molecular flexibility index (Phi) is 9.51. The van der Waals surface area contributed by atoms with Crippen LogP contribution in [0.4, 0.5) is 0 Å². The third-order valence-corrected chi connectivity index (χ3v) is 0. The molecule has 0 saturated heterocycles. The van der Waals surface area contributed by atoms with Crippen LogP contribution < -0.4 is 6.94 Å². The van der Waals surface area contributed by atoms with E-state index in [9.17, 15) is 0 Å². The molecule has 0 aliphatic carbocycles. The van der Waals surface area contributed by atoms with Crippen molar-refractivity contribution in [2.75, 3.05) is 0 Å². The molecule has 5 heavy (non-hydrogen) atoms. The van der Waals surface area contributed by atoms with Crippen molar-refractivity contribution >= 4 is 38.0 Å². The molecule has 0 N–H and O–H groups in total. The van der Waals surface area contributed by atoms with Crippen LogP contribution in [0.3, 0.4) is 0 Å². The average Bonchev–Trinajstić information content (AvgIpc) is 0.811. The van der Waals surface area contributed by atoms with E-state index in [0.29, 0.717) is 0 Å². The molecule has 30 valence electrons. The number of hydrogen-bond donors (Lipinski definition) is 0. The maximum absolute atomic E-state index is 8.59. The first kappa shape index (κ1) is 9.41. The molecule has 0 aliphatic rings. The van der Waals surface area contributed by atoms with Crippen LogP contribution in [0.5, 0.6) is 0 Å². The molecular weight excluding hydrogens is 248 g/mol. The Morgan fingerprint density at radius 2 is 1.40 bits per heavy atom. The van der Waals surface area contributed by atoms with Gasteiger partial charge in [0.05, 0.1) is 0 Å². The van der Waals surface area contributed by atoms with E-state index in [2.05, 4.69) is 0 Å². The molecule has 0 aromatic heterocycles. The van der Waals surface area contributed by atoms with Gasteiger partial charge in [-0.1, -0.05) is 0 Å². The second-order valence-electron chi connectivity index (χ2n) is 0.204. The molecule has 0 spiro atoms. The summed E-state index contributed by atoms with van der Waals surface area (Å²) in [5, 5.41) is 0. The second-order valence-corrected chi connectivity index (χ2v) is 1.37. The van der Waals surface area contributed by atoms with E-state index in [1.54, 1.807) is 0 Å². The van der Waals surface area contributed by atoms with Crippen molar-refractivity contribution in [3.8, 4) is 0 Å². The van der Waals surface area contributed by atoms with Crippen molar-refractivity contribution in [1.29, 1.82) is 0 Å². The zero-order valence-electron chi connectivity index (χ0n) is 2.34. The first-order valence-corrected chi connectivity index (χ1v) is 3.35. The fourth-order valence-electron chi connectivity index (χ4n) is 0. The molecule has 5 heteroatoms. The van der Waals surface area contributed by atoms with Gasteiger partial charge >= 0.3 is 48.0 Å². The zero-order chi connectivity index (χ0) is 3.58. The zero-order valence-corrected chi connectivity index (χ0v) is 7.64. The molecule has 0 aromatic rings. The van der Waals surface area contributed by atoms with Gasteiger partial charge in [0.15, 0.2) is 0 Å². The summed E-state index contributed by atoms with van der Waals surface area (Å²) < 4.78 is 25.8. The summed E-state index contributed by atoms with van der Waals surface area (Å²) >= 11 is -4.11. The van der Waals surface area contributed by atoms with Gasteiger partial charge in [0.2, 0.25) is 0 Å². The molecule has 0 unspecified atom stereocenters. The number of hydrogen-bond acceptors (Lipinski definition) is 3. The van der Waals surface area contributed by atoms with Crippen LogP contribution in [0.2, 0.25) is 0 Å². The topological polar surface area (TPSA) is 63.2 Å². The summed E-state index contributed by atoms with van der Waals surface area (Å²) in [4.78, 5) is 0. The molecular formula is H2GeO3Te. The van der Waals surface area contributed by atoms with Crippen molar-refractivity contribution in [3.05, 3.63) is 0 Å². The predicted octanol–water partition coefficient (Wildman–Crippen LogP) is -3.79. The van der Waals surface area contributed by atoms with Crippen LogP contribution in [0.25, 0.3) is 0 Å². The second kappa shape index (κ2) is 5.05. The van der Waals surface area contributed by atoms with E-state index in [-0.39, 0.29) is 17.6 Å². The van der Waals surface area contributed by atoms with Crippen LogP contribution in [-0.2, 0) is 3.10 Å². The van der Waals surface area contributed by atoms with Crippen LogP contribution in [-0.4, -0.2) is 38.0 Å². The number of rotatable bonds is 0. The van der Waals surface area contributed by atoms with Crippen LogP contribution in [0, 0.1) is 0 Å². The third kappa shape index (κ3) is 42.5. The summed E-state index contributed by atoms with van der Waals surface area (Å²) in [6, 6.07) is 0. The van der Waals surface area contributed by atoms with Crippen LogP contribution in [0.1, 0.15) is 0 Å².